The standard InChI is InChI=1S/C7H10.2C2H5.Zn/c1-7-5-3-2-4-6-7;2*1-2;/h2-3,6H,4-5H2,1H3;2*1H2,2H3;/q;2*-1;+2. The van der Waals surface area contributed by atoms with Crippen molar-refractivity contribution in [3.05, 3.63) is 37.6 Å². The largest absolute Gasteiger partial charge is 2.00 e. The van der Waals surface area contributed by atoms with E-state index >= 15 is 0 Å². The summed E-state index contributed by atoms with van der Waals surface area (Å²) in [6, 6.07) is 0. The molecule has 0 aromatic carbocycles. The Bertz CT molecular complexity index is 112. The van der Waals surface area contributed by atoms with E-state index in [1.807, 2.05) is 0 Å². The van der Waals surface area contributed by atoms with Crippen molar-refractivity contribution in [2.75, 3.05) is 0 Å². The Morgan fingerprint density at radius 1 is 1.08 bits per heavy atom. The summed E-state index contributed by atoms with van der Waals surface area (Å²) in [7, 11) is 0. The van der Waals surface area contributed by atoms with E-state index in [9.17, 15) is 0 Å². The summed E-state index contributed by atoms with van der Waals surface area (Å²) in [6.07, 6.45) is 8.99. The molecule has 0 aliphatic heterocycles. The first kappa shape index (κ1) is 18.0. The fourth-order valence-corrected chi connectivity index (χ4v) is 0.718. The minimum absolute atomic E-state index is 0. The van der Waals surface area contributed by atoms with Crippen LogP contribution in [0.1, 0.15) is 33.6 Å². The molecule has 0 bridgehead atoms. The van der Waals surface area contributed by atoms with Crippen LogP contribution in [0.25, 0.3) is 0 Å². The Balaban J connectivity index is -0.000000144. The number of allylic oxidation sites excluding steroid dienone is 4. The molecule has 12 heavy (non-hydrogen) atoms. The van der Waals surface area contributed by atoms with Crippen LogP contribution in [0.15, 0.2) is 23.8 Å². The zero-order valence-corrected chi connectivity index (χ0v) is 11.7. The van der Waals surface area contributed by atoms with Crippen molar-refractivity contribution in [2.24, 2.45) is 0 Å². The molecule has 0 amide bonds. The van der Waals surface area contributed by atoms with Gasteiger partial charge in [0.1, 0.15) is 0 Å². The van der Waals surface area contributed by atoms with Crippen LogP contribution in [0.4, 0.5) is 0 Å². The molecule has 1 aliphatic rings. The van der Waals surface area contributed by atoms with Crippen LogP contribution in [0.5, 0.6) is 0 Å². The second kappa shape index (κ2) is 17.3. The summed E-state index contributed by atoms with van der Waals surface area (Å²) < 4.78 is 0. The summed E-state index contributed by atoms with van der Waals surface area (Å²) in [4.78, 5) is 0. The topological polar surface area (TPSA) is 0 Å². The van der Waals surface area contributed by atoms with Crippen molar-refractivity contribution in [3.63, 3.8) is 0 Å². The molecule has 0 spiro atoms. The van der Waals surface area contributed by atoms with Gasteiger partial charge in [-0.05, 0) is 19.8 Å². The van der Waals surface area contributed by atoms with Crippen LogP contribution in [0.2, 0.25) is 0 Å². The maximum absolute atomic E-state index is 3.25. The summed E-state index contributed by atoms with van der Waals surface area (Å²) in [5.41, 5.74) is 1.50. The molecule has 1 heteroatoms. The molecular weight excluding hydrogens is 198 g/mol. The average Bonchev–Trinajstić information content (AvgIpc) is 2.13. The summed E-state index contributed by atoms with van der Waals surface area (Å²) in [6.45, 7) is 12.2. The first-order chi connectivity index (χ1) is 5.39. The van der Waals surface area contributed by atoms with E-state index in [-0.39, 0.29) is 19.5 Å². The zero-order chi connectivity index (χ0) is 9.11. The van der Waals surface area contributed by atoms with E-state index in [1.165, 1.54) is 12.0 Å². The molecule has 0 heterocycles. The van der Waals surface area contributed by atoms with Gasteiger partial charge in [-0.25, -0.2) is 0 Å². The number of hydrogen-bond donors (Lipinski definition) is 0. The molecule has 0 N–H and O–H groups in total. The zero-order valence-electron chi connectivity index (χ0n) is 8.77. The fraction of sp³-hybridized carbons (Fsp3) is 0.455. The van der Waals surface area contributed by atoms with Crippen molar-refractivity contribution in [3.8, 4) is 0 Å². The number of rotatable bonds is 0. The Morgan fingerprint density at radius 2 is 1.58 bits per heavy atom. The third-order valence-electron chi connectivity index (χ3n) is 1.21. The van der Waals surface area contributed by atoms with Crippen LogP contribution in [-0.2, 0) is 19.5 Å². The Kier molecular flexibility index (Phi) is 25.9. The predicted octanol–water partition coefficient (Wildman–Crippen LogP) is 3.96. The molecule has 1 rings (SSSR count). The van der Waals surface area contributed by atoms with E-state index in [2.05, 4.69) is 39.0 Å². The van der Waals surface area contributed by atoms with Crippen molar-refractivity contribution in [2.45, 2.75) is 33.6 Å². The van der Waals surface area contributed by atoms with Gasteiger partial charge in [0.25, 0.3) is 0 Å². The van der Waals surface area contributed by atoms with Crippen molar-refractivity contribution >= 4 is 0 Å². The summed E-state index contributed by atoms with van der Waals surface area (Å²) >= 11 is 0. The van der Waals surface area contributed by atoms with E-state index in [4.69, 9.17) is 0 Å². The van der Waals surface area contributed by atoms with Crippen LogP contribution < -0.4 is 0 Å². The van der Waals surface area contributed by atoms with Gasteiger partial charge < -0.3 is 13.8 Å². The molecule has 1 aliphatic carbocycles. The first-order valence-corrected chi connectivity index (χ1v) is 4.11. The van der Waals surface area contributed by atoms with Gasteiger partial charge in [0.2, 0.25) is 0 Å². The van der Waals surface area contributed by atoms with Gasteiger partial charge in [0.05, 0.1) is 0 Å². The molecule has 0 radical (unpaired) electrons. The smallest absolute Gasteiger partial charge is 0.346 e. The third kappa shape index (κ3) is 12.8. The van der Waals surface area contributed by atoms with Crippen LogP contribution >= 0.6 is 0 Å². The van der Waals surface area contributed by atoms with E-state index in [0.29, 0.717) is 0 Å². The second-order valence-electron chi connectivity index (χ2n) is 1.96. The predicted molar refractivity (Wildman–Crippen MR) is 54.2 cm³/mol. The Morgan fingerprint density at radius 3 is 1.75 bits per heavy atom. The second-order valence-corrected chi connectivity index (χ2v) is 1.96. The monoisotopic (exact) mass is 216 g/mol. The molecule has 0 saturated heterocycles. The fourth-order valence-electron chi connectivity index (χ4n) is 0.718. The van der Waals surface area contributed by atoms with Gasteiger partial charge in [-0.15, -0.1) is 0 Å². The Labute approximate surface area is 90.9 Å². The molecule has 0 nitrogen and oxygen atoms in total. The third-order valence-corrected chi connectivity index (χ3v) is 1.21. The maximum Gasteiger partial charge on any atom is 2.00 e. The van der Waals surface area contributed by atoms with E-state index in [1.54, 1.807) is 13.8 Å². The van der Waals surface area contributed by atoms with E-state index in [0.717, 1.165) is 6.42 Å². The molecular formula is C11H20Zn. The van der Waals surface area contributed by atoms with Gasteiger partial charge in [-0.3, -0.25) is 0 Å². The minimum atomic E-state index is 0. The quantitative estimate of drug-likeness (QED) is 0.327. The van der Waals surface area contributed by atoms with Gasteiger partial charge in [-0.1, -0.05) is 23.8 Å². The molecule has 0 atom stereocenters. The van der Waals surface area contributed by atoms with Crippen LogP contribution in [0, 0.1) is 13.8 Å². The molecule has 0 aromatic rings. The molecule has 66 valence electrons. The summed E-state index contributed by atoms with van der Waals surface area (Å²) in [5.74, 6) is 0. The molecule has 0 saturated carbocycles. The van der Waals surface area contributed by atoms with E-state index < -0.39 is 0 Å². The maximum atomic E-state index is 3.25. The van der Waals surface area contributed by atoms with Gasteiger partial charge in [0, 0.05) is 0 Å². The van der Waals surface area contributed by atoms with Crippen LogP contribution in [-0.4, -0.2) is 0 Å². The van der Waals surface area contributed by atoms with Gasteiger partial charge >= 0.3 is 19.5 Å². The first-order valence-electron chi connectivity index (χ1n) is 4.11. The van der Waals surface area contributed by atoms with Gasteiger partial charge in [0.15, 0.2) is 0 Å². The number of hydrogen-bond acceptors (Lipinski definition) is 0. The van der Waals surface area contributed by atoms with Crippen LogP contribution in [0.3, 0.4) is 0 Å². The van der Waals surface area contributed by atoms with Crippen molar-refractivity contribution in [1.82, 2.24) is 0 Å². The Hall–Kier alpha value is 0.103. The average molecular weight is 218 g/mol. The van der Waals surface area contributed by atoms with Gasteiger partial charge in [-0.2, -0.15) is 13.8 Å². The molecule has 0 fully saturated rings. The minimum Gasteiger partial charge on any atom is -0.346 e. The normalized spacial score (nSPS) is 12.2. The summed E-state index contributed by atoms with van der Waals surface area (Å²) in [5, 5.41) is 0. The SMILES string of the molecule is CC1=CCC=CC1.[CH2-]C.[CH2-]C.[Zn+2]. The van der Waals surface area contributed by atoms with Crippen molar-refractivity contribution in [1.29, 1.82) is 0 Å². The molecule has 0 unspecified atom stereocenters. The van der Waals surface area contributed by atoms with Crippen molar-refractivity contribution < 1.29 is 19.5 Å². The molecule has 0 aromatic heterocycles.